The number of nitrogens with zero attached hydrogens (tertiary/aromatic N) is 4. The maximum Gasteiger partial charge on any atom is 0.416 e. The van der Waals surface area contributed by atoms with E-state index in [0.29, 0.717) is 13.1 Å². The quantitative estimate of drug-likeness (QED) is 0.413. The first-order valence-electron chi connectivity index (χ1n) is 11.0. The van der Waals surface area contributed by atoms with Crippen LogP contribution in [0.25, 0.3) is 16.2 Å². The Hall–Kier alpha value is -3.66. The molecular formula is C25H21F3N4O2S. The molecule has 0 radical (unpaired) electrons. The van der Waals surface area contributed by atoms with E-state index in [-0.39, 0.29) is 31.0 Å². The van der Waals surface area contributed by atoms with Gasteiger partial charge in [0.15, 0.2) is 4.96 Å². The average Bonchev–Trinajstić information content (AvgIpc) is 3.46. The summed E-state index contributed by atoms with van der Waals surface area (Å²) in [5, 5.41) is 1.92. The number of rotatable bonds is 4. The number of alkyl halides is 3. The SMILES string of the molecule is O=C(Cc1csc2nc(-c3ccccc3)cn12)N1CCN(C(=O)c2cccc(C(F)(F)F)c2)CC1. The molecule has 5 rings (SSSR count). The van der Waals surface area contributed by atoms with Gasteiger partial charge in [-0.25, -0.2) is 4.98 Å². The van der Waals surface area contributed by atoms with Crippen LogP contribution in [-0.4, -0.2) is 57.2 Å². The first kappa shape index (κ1) is 23.1. The molecule has 0 spiro atoms. The van der Waals surface area contributed by atoms with Gasteiger partial charge >= 0.3 is 6.18 Å². The molecule has 0 unspecified atom stereocenters. The molecule has 0 aliphatic carbocycles. The van der Waals surface area contributed by atoms with Crippen LogP contribution >= 0.6 is 11.3 Å². The molecule has 180 valence electrons. The predicted octanol–water partition coefficient (Wildman–Crippen LogP) is 4.61. The van der Waals surface area contributed by atoms with Gasteiger partial charge in [-0.3, -0.25) is 14.0 Å². The van der Waals surface area contributed by atoms with Crippen LogP contribution in [0.1, 0.15) is 21.6 Å². The van der Waals surface area contributed by atoms with Gasteiger partial charge in [-0.15, -0.1) is 11.3 Å². The predicted molar refractivity (Wildman–Crippen MR) is 126 cm³/mol. The third kappa shape index (κ3) is 4.79. The lowest BCUT2D eigenvalue weighted by molar-refractivity contribution is -0.137. The largest absolute Gasteiger partial charge is 0.416 e. The van der Waals surface area contributed by atoms with Crippen molar-refractivity contribution in [1.29, 1.82) is 0 Å². The summed E-state index contributed by atoms with van der Waals surface area (Å²) in [5.74, 6) is -0.527. The molecule has 1 fully saturated rings. The Morgan fingerprint density at radius 3 is 2.37 bits per heavy atom. The van der Waals surface area contributed by atoms with E-state index in [9.17, 15) is 22.8 Å². The summed E-state index contributed by atoms with van der Waals surface area (Å²) in [4.78, 5) is 34.3. The molecule has 2 aromatic carbocycles. The second kappa shape index (κ2) is 9.18. The molecule has 1 aliphatic heterocycles. The highest BCUT2D eigenvalue weighted by Crippen LogP contribution is 2.30. The first-order chi connectivity index (χ1) is 16.8. The van der Waals surface area contributed by atoms with Gasteiger partial charge in [0.25, 0.3) is 5.91 Å². The number of aromatic nitrogens is 2. The molecule has 4 aromatic rings. The third-order valence-electron chi connectivity index (χ3n) is 6.04. The van der Waals surface area contributed by atoms with E-state index in [2.05, 4.69) is 4.98 Å². The molecule has 6 nitrogen and oxygen atoms in total. The molecule has 1 saturated heterocycles. The third-order valence-corrected chi connectivity index (χ3v) is 6.93. The second-order valence-electron chi connectivity index (χ2n) is 8.30. The molecule has 35 heavy (non-hydrogen) atoms. The van der Waals surface area contributed by atoms with Crippen molar-refractivity contribution in [3.05, 3.63) is 83.0 Å². The number of fused-ring (bicyclic) bond motifs is 1. The van der Waals surface area contributed by atoms with Gasteiger partial charge in [0.05, 0.1) is 17.7 Å². The normalized spacial score (nSPS) is 14.5. The molecule has 2 amide bonds. The van der Waals surface area contributed by atoms with E-state index < -0.39 is 17.6 Å². The molecule has 3 heterocycles. The molecule has 0 bridgehead atoms. The maximum atomic E-state index is 13.0. The molecule has 0 N–H and O–H groups in total. The van der Waals surface area contributed by atoms with Gasteiger partial charge < -0.3 is 9.80 Å². The summed E-state index contributed by atoms with van der Waals surface area (Å²) in [6.07, 6.45) is -2.38. The summed E-state index contributed by atoms with van der Waals surface area (Å²) >= 11 is 1.47. The Balaban J connectivity index is 1.22. The topological polar surface area (TPSA) is 57.9 Å². The van der Waals surface area contributed by atoms with Crippen LogP contribution in [0.4, 0.5) is 13.2 Å². The zero-order valence-electron chi connectivity index (χ0n) is 18.5. The van der Waals surface area contributed by atoms with E-state index in [4.69, 9.17) is 0 Å². The van der Waals surface area contributed by atoms with E-state index >= 15 is 0 Å². The smallest absolute Gasteiger partial charge is 0.339 e. The van der Waals surface area contributed by atoms with Crippen molar-refractivity contribution in [3.63, 3.8) is 0 Å². The Labute approximate surface area is 203 Å². The summed E-state index contributed by atoms with van der Waals surface area (Å²) in [6, 6.07) is 14.2. The minimum absolute atomic E-state index is 0.00500. The van der Waals surface area contributed by atoms with Crippen LogP contribution in [0.5, 0.6) is 0 Å². The summed E-state index contributed by atoms with van der Waals surface area (Å²) in [5.41, 5.74) is 1.83. The lowest BCUT2D eigenvalue weighted by Crippen LogP contribution is -2.51. The first-order valence-corrected chi connectivity index (χ1v) is 11.9. The van der Waals surface area contributed by atoms with Gasteiger partial charge in [0.1, 0.15) is 0 Å². The molecular weight excluding hydrogens is 477 g/mol. The van der Waals surface area contributed by atoms with Crippen molar-refractivity contribution in [3.8, 4) is 11.3 Å². The number of halogens is 3. The Bertz CT molecular complexity index is 1370. The molecule has 1 aliphatic rings. The summed E-state index contributed by atoms with van der Waals surface area (Å²) in [6.45, 7) is 1.19. The highest BCUT2D eigenvalue weighted by molar-refractivity contribution is 7.15. The standard InChI is InChI=1S/C25H21F3N4O2S/c26-25(27,28)19-8-4-7-18(13-19)23(34)31-11-9-30(10-12-31)22(33)14-20-16-35-24-29-21(15-32(20)24)17-5-2-1-3-6-17/h1-8,13,15-16H,9-12,14H2. The van der Waals surface area contributed by atoms with Crippen LogP contribution in [0.3, 0.4) is 0 Å². The van der Waals surface area contributed by atoms with Crippen LogP contribution in [0.2, 0.25) is 0 Å². The Morgan fingerprint density at radius 1 is 0.943 bits per heavy atom. The lowest BCUT2D eigenvalue weighted by Gasteiger charge is -2.35. The van der Waals surface area contributed by atoms with Gasteiger partial charge in [-0.2, -0.15) is 13.2 Å². The fourth-order valence-corrected chi connectivity index (χ4v) is 5.01. The number of piperazine rings is 1. The van der Waals surface area contributed by atoms with Crippen LogP contribution in [-0.2, 0) is 17.4 Å². The van der Waals surface area contributed by atoms with Gasteiger partial charge in [0, 0.05) is 54.6 Å². The Kier molecular flexibility index (Phi) is 6.06. The van der Waals surface area contributed by atoms with Gasteiger partial charge in [-0.05, 0) is 18.2 Å². The van der Waals surface area contributed by atoms with E-state index in [0.717, 1.165) is 34.0 Å². The summed E-state index contributed by atoms with van der Waals surface area (Å²) in [7, 11) is 0. The van der Waals surface area contributed by atoms with Crippen molar-refractivity contribution in [2.75, 3.05) is 26.2 Å². The van der Waals surface area contributed by atoms with Crippen molar-refractivity contribution in [2.45, 2.75) is 12.6 Å². The summed E-state index contributed by atoms with van der Waals surface area (Å²) < 4.78 is 40.9. The number of hydrogen-bond donors (Lipinski definition) is 0. The molecule has 0 atom stereocenters. The zero-order valence-corrected chi connectivity index (χ0v) is 19.4. The van der Waals surface area contributed by atoms with E-state index in [1.807, 2.05) is 46.3 Å². The van der Waals surface area contributed by atoms with Crippen LogP contribution < -0.4 is 0 Å². The highest BCUT2D eigenvalue weighted by Gasteiger charge is 2.32. The van der Waals surface area contributed by atoms with Crippen molar-refractivity contribution < 1.29 is 22.8 Å². The van der Waals surface area contributed by atoms with Gasteiger partial charge in [-0.1, -0.05) is 36.4 Å². The minimum atomic E-state index is -4.51. The number of imidazole rings is 1. The van der Waals surface area contributed by atoms with E-state index in [1.165, 1.54) is 28.4 Å². The number of amides is 2. The Morgan fingerprint density at radius 2 is 1.66 bits per heavy atom. The van der Waals surface area contributed by atoms with Crippen LogP contribution in [0, 0.1) is 0 Å². The minimum Gasteiger partial charge on any atom is -0.339 e. The van der Waals surface area contributed by atoms with Gasteiger partial charge in [0.2, 0.25) is 5.91 Å². The highest BCUT2D eigenvalue weighted by atomic mass is 32.1. The fourth-order valence-electron chi connectivity index (χ4n) is 4.14. The molecule has 2 aromatic heterocycles. The number of hydrogen-bond acceptors (Lipinski definition) is 4. The molecule has 0 saturated carbocycles. The maximum absolute atomic E-state index is 13.0. The van der Waals surface area contributed by atoms with Crippen molar-refractivity contribution in [1.82, 2.24) is 19.2 Å². The van der Waals surface area contributed by atoms with Crippen molar-refractivity contribution in [2.24, 2.45) is 0 Å². The zero-order chi connectivity index (χ0) is 24.6. The lowest BCUT2D eigenvalue weighted by atomic mass is 10.1. The van der Waals surface area contributed by atoms with E-state index in [1.54, 1.807) is 4.90 Å². The average molecular weight is 499 g/mol. The van der Waals surface area contributed by atoms with Crippen molar-refractivity contribution >= 4 is 28.1 Å². The van der Waals surface area contributed by atoms with Crippen LogP contribution in [0.15, 0.2) is 66.2 Å². The number of thiazole rings is 1. The monoisotopic (exact) mass is 498 g/mol. The number of carbonyl (C=O) groups excluding carboxylic acids is 2. The second-order valence-corrected chi connectivity index (χ2v) is 9.14. The number of benzene rings is 2. The number of carbonyl (C=O) groups is 2. The fraction of sp³-hybridized carbons (Fsp3) is 0.240. The molecule has 10 heteroatoms.